The molecule has 4 aromatic rings. The Kier molecular flexibility index (Phi) is 7.64. The van der Waals surface area contributed by atoms with Crippen molar-refractivity contribution in [3.05, 3.63) is 60.7 Å². The highest BCUT2D eigenvalue weighted by atomic mass is 32.2. The van der Waals surface area contributed by atoms with E-state index >= 15 is 0 Å². The van der Waals surface area contributed by atoms with Crippen molar-refractivity contribution in [2.24, 2.45) is 17.7 Å². The van der Waals surface area contributed by atoms with Gasteiger partial charge in [0.05, 0.1) is 10.4 Å². The van der Waals surface area contributed by atoms with Gasteiger partial charge in [-0.1, -0.05) is 36.4 Å². The van der Waals surface area contributed by atoms with Crippen LogP contribution in [0.2, 0.25) is 0 Å². The lowest BCUT2D eigenvalue weighted by Gasteiger charge is -2.28. The molecule has 5 rings (SSSR count). The summed E-state index contributed by atoms with van der Waals surface area (Å²) in [5, 5.41) is 5.92. The molecule has 0 saturated heterocycles. The van der Waals surface area contributed by atoms with Gasteiger partial charge in [0.1, 0.15) is 0 Å². The van der Waals surface area contributed by atoms with Crippen molar-refractivity contribution in [1.82, 2.24) is 14.7 Å². The molecule has 0 unspecified atom stereocenters. The monoisotopic (exact) mass is 533 g/mol. The molecular formula is C28H35N7O2S. The number of nitrogen functional groups attached to an aromatic ring is 1. The van der Waals surface area contributed by atoms with Crippen LogP contribution in [0.15, 0.2) is 65.6 Å². The summed E-state index contributed by atoms with van der Waals surface area (Å²) in [6.07, 6.45) is 4.00. The van der Waals surface area contributed by atoms with Crippen molar-refractivity contribution in [1.29, 1.82) is 0 Å². The number of nitrogens with two attached hydrogens (primary N) is 1. The van der Waals surface area contributed by atoms with Crippen LogP contribution in [0.4, 0.5) is 17.5 Å². The van der Waals surface area contributed by atoms with E-state index < -0.39 is 10.0 Å². The molecule has 1 aliphatic carbocycles. The number of hydrazine groups is 1. The number of nitrogens with zero attached hydrogens (tertiary/aromatic N) is 3. The van der Waals surface area contributed by atoms with Gasteiger partial charge in [-0.3, -0.25) is 0 Å². The SMILES string of the molecule is CN(C)c1cccc2c(S(=O)(=O)NC[C@H]3CC[C@H](CNc4nc(NN)c5ccccc5n4)CC3)cccc12. The van der Waals surface area contributed by atoms with Crippen molar-refractivity contribution in [3.8, 4) is 0 Å². The summed E-state index contributed by atoms with van der Waals surface area (Å²) in [4.78, 5) is 11.4. The first-order valence-electron chi connectivity index (χ1n) is 13.0. The minimum atomic E-state index is -3.63. The number of para-hydroxylation sites is 1. The molecule has 0 atom stereocenters. The van der Waals surface area contributed by atoms with E-state index in [1.165, 1.54) is 0 Å². The summed E-state index contributed by atoms with van der Waals surface area (Å²) in [6, 6.07) is 19.0. The molecule has 0 bridgehead atoms. The van der Waals surface area contributed by atoms with Crippen molar-refractivity contribution < 1.29 is 8.42 Å². The smallest absolute Gasteiger partial charge is 0.241 e. The largest absolute Gasteiger partial charge is 0.377 e. The lowest BCUT2D eigenvalue weighted by Crippen LogP contribution is -2.32. The second-order valence-electron chi connectivity index (χ2n) is 10.2. The maximum atomic E-state index is 13.3. The lowest BCUT2D eigenvalue weighted by molar-refractivity contribution is 0.284. The molecular weight excluding hydrogens is 498 g/mol. The first-order valence-corrected chi connectivity index (χ1v) is 14.5. The molecule has 3 aromatic carbocycles. The molecule has 1 aliphatic rings. The number of hydrogen-bond acceptors (Lipinski definition) is 8. The summed E-state index contributed by atoms with van der Waals surface area (Å²) >= 11 is 0. The van der Waals surface area contributed by atoms with Crippen LogP contribution < -0.4 is 26.2 Å². The van der Waals surface area contributed by atoms with E-state index in [0.29, 0.717) is 35.0 Å². The quantitative estimate of drug-likeness (QED) is 0.185. The predicted octanol–water partition coefficient (Wildman–Crippen LogP) is 4.33. The molecule has 38 heavy (non-hydrogen) atoms. The first kappa shape index (κ1) is 26.1. The minimum absolute atomic E-state index is 0.318. The highest BCUT2D eigenvalue weighted by Gasteiger charge is 2.24. The van der Waals surface area contributed by atoms with Crippen LogP contribution in [0.5, 0.6) is 0 Å². The zero-order chi connectivity index (χ0) is 26.7. The number of benzene rings is 3. The van der Waals surface area contributed by atoms with Gasteiger partial charge in [-0.25, -0.2) is 24.0 Å². The van der Waals surface area contributed by atoms with Crippen LogP contribution >= 0.6 is 0 Å². The Bertz CT molecular complexity index is 1530. The van der Waals surface area contributed by atoms with E-state index in [1.807, 2.05) is 73.6 Å². The molecule has 1 saturated carbocycles. The highest BCUT2D eigenvalue weighted by Crippen LogP contribution is 2.32. The number of anilines is 3. The molecule has 0 radical (unpaired) electrons. The summed E-state index contributed by atoms with van der Waals surface area (Å²) < 4.78 is 29.4. The normalized spacial score (nSPS) is 18.0. The molecule has 200 valence electrons. The zero-order valence-electron chi connectivity index (χ0n) is 21.8. The van der Waals surface area contributed by atoms with Gasteiger partial charge in [0.25, 0.3) is 0 Å². The average Bonchev–Trinajstić information content (AvgIpc) is 2.94. The van der Waals surface area contributed by atoms with Crippen LogP contribution in [0, 0.1) is 11.8 Å². The summed E-state index contributed by atoms with van der Waals surface area (Å²) in [6.45, 7) is 1.22. The fraction of sp³-hybridized carbons (Fsp3) is 0.357. The minimum Gasteiger partial charge on any atom is -0.377 e. The zero-order valence-corrected chi connectivity index (χ0v) is 22.6. The third-order valence-corrected chi connectivity index (χ3v) is 8.93. The number of rotatable bonds is 9. The van der Waals surface area contributed by atoms with Crippen LogP contribution in [0.3, 0.4) is 0 Å². The summed E-state index contributed by atoms with van der Waals surface area (Å²) in [5.41, 5.74) is 4.49. The molecule has 9 nitrogen and oxygen atoms in total. The van der Waals surface area contributed by atoms with Gasteiger partial charge in [-0.2, -0.15) is 4.98 Å². The molecule has 0 aliphatic heterocycles. The maximum absolute atomic E-state index is 13.3. The topological polar surface area (TPSA) is 125 Å². The average molecular weight is 534 g/mol. The summed E-state index contributed by atoms with van der Waals surface area (Å²) in [7, 11) is 0.297. The Labute approximate surface area is 223 Å². The number of fused-ring (bicyclic) bond motifs is 2. The van der Waals surface area contributed by atoms with Gasteiger partial charge in [0, 0.05) is 49.0 Å². The van der Waals surface area contributed by atoms with Crippen molar-refractivity contribution >= 4 is 49.2 Å². The Morgan fingerprint density at radius 2 is 1.50 bits per heavy atom. The first-order chi connectivity index (χ1) is 18.4. The maximum Gasteiger partial charge on any atom is 0.241 e. The lowest BCUT2D eigenvalue weighted by atomic mass is 9.82. The molecule has 1 fully saturated rings. The molecule has 1 heterocycles. The molecule has 5 N–H and O–H groups in total. The van der Waals surface area contributed by atoms with Crippen LogP contribution in [0.1, 0.15) is 25.7 Å². The fourth-order valence-electron chi connectivity index (χ4n) is 5.34. The molecule has 1 aromatic heterocycles. The van der Waals surface area contributed by atoms with E-state index in [2.05, 4.69) is 25.4 Å². The van der Waals surface area contributed by atoms with Crippen LogP contribution in [-0.2, 0) is 10.0 Å². The number of aromatic nitrogens is 2. The number of nitrogens with one attached hydrogen (secondary N) is 3. The Hall–Kier alpha value is -3.47. The van der Waals surface area contributed by atoms with Crippen LogP contribution in [-0.4, -0.2) is 45.6 Å². The number of hydrogen-bond donors (Lipinski definition) is 4. The molecule has 10 heteroatoms. The van der Waals surface area contributed by atoms with Crippen LogP contribution in [0.25, 0.3) is 21.7 Å². The van der Waals surface area contributed by atoms with E-state index in [0.717, 1.165) is 59.6 Å². The number of sulfonamides is 1. The van der Waals surface area contributed by atoms with Crippen molar-refractivity contribution in [2.45, 2.75) is 30.6 Å². The Balaban J connectivity index is 1.17. The predicted molar refractivity (Wildman–Crippen MR) is 155 cm³/mol. The van der Waals surface area contributed by atoms with Gasteiger partial charge < -0.3 is 15.6 Å². The fourth-order valence-corrected chi connectivity index (χ4v) is 6.67. The van der Waals surface area contributed by atoms with Crippen molar-refractivity contribution in [3.63, 3.8) is 0 Å². The van der Waals surface area contributed by atoms with E-state index in [9.17, 15) is 8.42 Å². The summed E-state index contributed by atoms with van der Waals surface area (Å²) in [5.74, 6) is 7.61. The van der Waals surface area contributed by atoms with Gasteiger partial charge >= 0.3 is 0 Å². The van der Waals surface area contributed by atoms with E-state index in [4.69, 9.17) is 5.84 Å². The third kappa shape index (κ3) is 5.52. The Morgan fingerprint density at radius 1 is 0.842 bits per heavy atom. The third-order valence-electron chi connectivity index (χ3n) is 7.45. The van der Waals surface area contributed by atoms with Gasteiger partial charge in [0.2, 0.25) is 16.0 Å². The van der Waals surface area contributed by atoms with Gasteiger partial charge in [-0.05, 0) is 61.8 Å². The molecule has 0 amide bonds. The van der Waals surface area contributed by atoms with Crippen molar-refractivity contribution in [2.75, 3.05) is 42.8 Å². The van der Waals surface area contributed by atoms with E-state index in [-0.39, 0.29) is 0 Å². The second kappa shape index (κ2) is 11.1. The second-order valence-corrected chi connectivity index (χ2v) is 11.9. The van der Waals surface area contributed by atoms with Gasteiger partial charge in [-0.15, -0.1) is 0 Å². The van der Waals surface area contributed by atoms with Gasteiger partial charge in [0.15, 0.2) is 5.82 Å². The standard InChI is InChI=1S/C28H35N7O2S/c1-35(2)25-11-5-9-22-21(25)8-6-12-26(22)38(36,37)31-18-20-15-13-19(14-16-20)17-30-28-32-24-10-4-3-7-23(24)27(33-28)34-29/h3-12,19-20,31H,13-18,29H2,1-2H3,(H2,30,32,33,34)/t19-,20-. The van der Waals surface area contributed by atoms with E-state index in [1.54, 1.807) is 6.07 Å². The Morgan fingerprint density at radius 3 is 2.24 bits per heavy atom. The molecule has 0 spiro atoms. The highest BCUT2D eigenvalue weighted by molar-refractivity contribution is 7.89.